The number of Topliss-reactive ketones (excluding diaryl/α,β-unsaturated/α-hetero) is 1. The third-order valence-electron chi connectivity index (χ3n) is 2.51. The van der Waals surface area contributed by atoms with Gasteiger partial charge in [0.1, 0.15) is 0 Å². The van der Waals surface area contributed by atoms with E-state index in [0.717, 1.165) is 0 Å². The summed E-state index contributed by atoms with van der Waals surface area (Å²) in [5, 5.41) is 10.5. The number of carbonyl (C=O) groups excluding carboxylic acids is 1. The molecule has 0 N–H and O–H groups in total. The van der Waals surface area contributed by atoms with Crippen molar-refractivity contribution >= 4 is 11.5 Å². The number of nitro benzene ring substituents is 1. The first-order valence-electron chi connectivity index (χ1n) is 5.36. The first-order chi connectivity index (χ1) is 9.08. The van der Waals surface area contributed by atoms with Gasteiger partial charge in [0.05, 0.1) is 17.8 Å². The van der Waals surface area contributed by atoms with Crippen LogP contribution in [0, 0.1) is 10.1 Å². The molecule has 0 spiro atoms. The number of carbonyl (C=O) groups is 1. The Kier molecular flexibility index (Phi) is 3.46. The Balaban J connectivity index is 2.19. The third-order valence-corrected chi connectivity index (χ3v) is 2.51. The van der Waals surface area contributed by atoms with Gasteiger partial charge in [-0.2, -0.15) is 0 Å². The quantitative estimate of drug-likeness (QED) is 0.464. The first kappa shape index (κ1) is 12.6. The lowest BCUT2D eigenvalue weighted by atomic mass is 10.1. The highest BCUT2D eigenvalue weighted by Gasteiger charge is 2.10. The minimum Gasteiger partial charge on any atom is -0.292 e. The van der Waals surface area contributed by atoms with Gasteiger partial charge in [-0.1, -0.05) is 0 Å². The van der Waals surface area contributed by atoms with E-state index in [1.165, 1.54) is 47.4 Å². The van der Waals surface area contributed by atoms with Gasteiger partial charge in [-0.05, 0) is 12.1 Å². The summed E-state index contributed by atoms with van der Waals surface area (Å²) in [5.41, 5.74) is -0.110. The van der Waals surface area contributed by atoms with Gasteiger partial charge in [0.15, 0.2) is 5.78 Å². The number of hydrogen-bond acceptors (Lipinski definition) is 5. The second kappa shape index (κ2) is 5.21. The summed E-state index contributed by atoms with van der Waals surface area (Å²) in [4.78, 5) is 37.0. The lowest BCUT2D eigenvalue weighted by molar-refractivity contribution is -0.384. The number of ketones is 1. The van der Waals surface area contributed by atoms with Gasteiger partial charge < -0.3 is 0 Å². The average Bonchev–Trinajstić information content (AvgIpc) is 2.41. The molecular formula is C12H9N3O4. The van der Waals surface area contributed by atoms with Gasteiger partial charge in [0.25, 0.3) is 11.2 Å². The van der Waals surface area contributed by atoms with Crippen molar-refractivity contribution in [1.29, 1.82) is 0 Å². The van der Waals surface area contributed by atoms with E-state index in [2.05, 4.69) is 4.98 Å². The zero-order chi connectivity index (χ0) is 13.8. The first-order valence-corrected chi connectivity index (χ1v) is 5.36. The fourth-order valence-electron chi connectivity index (χ4n) is 1.51. The van der Waals surface area contributed by atoms with Crippen molar-refractivity contribution in [1.82, 2.24) is 9.55 Å². The van der Waals surface area contributed by atoms with Crippen LogP contribution in [0.4, 0.5) is 5.69 Å². The summed E-state index contributed by atoms with van der Waals surface area (Å²) in [6.45, 7) is -0.148. The Hall–Kier alpha value is -2.83. The van der Waals surface area contributed by atoms with Gasteiger partial charge in [-0.3, -0.25) is 24.3 Å². The topological polar surface area (TPSA) is 95.1 Å². The third kappa shape index (κ3) is 2.89. The zero-order valence-electron chi connectivity index (χ0n) is 9.72. The Labute approximate surface area is 107 Å². The molecule has 0 atom stereocenters. The van der Waals surface area contributed by atoms with Crippen LogP contribution in [0.3, 0.4) is 0 Å². The summed E-state index contributed by atoms with van der Waals surface area (Å²) in [6.07, 6.45) is 2.61. The highest BCUT2D eigenvalue weighted by Crippen LogP contribution is 2.12. The van der Waals surface area contributed by atoms with Crippen LogP contribution in [0.25, 0.3) is 0 Å². The van der Waals surface area contributed by atoms with Crippen molar-refractivity contribution < 1.29 is 9.72 Å². The molecule has 0 aliphatic heterocycles. The molecule has 0 bridgehead atoms. The van der Waals surface area contributed by atoms with Gasteiger partial charge in [0.2, 0.25) is 0 Å². The van der Waals surface area contributed by atoms with Crippen LogP contribution in [-0.2, 0) is 6.54 Å². The van der Waals surface area contributed by atoms with Crippen LogP contribution >= 0.6 is 0 Å². The fraction of sp³-hybridized carbons (Fsp3) is 0.0833. The average molecular weight is 259 g/mol. The van der Waals surface area contributed by atoms with Crippen molar-refractivity contribution in [3.8, 4) is 0 Å². The molecule has 0 saturated heterocycles. The van der Waals surface area contributed by atoms with Crippen LogP contribution < -0.4 is 5.56 Å². The largest absolute Gasteiger partial charge is 0.292 e. The Morgan fingerprint density at radius 3 is 2.53 bits per heavy atom. The Morgan fingerprint density at radius 2 is 1.95 bits per heavy atom. The summed E-state index contributed by atoms with van der Waals surface area (Å²) in [6, 6.07) is 6.48. The highest BCUT2D eigenvalue weighted by atomic mass is 16.6. The normalized spacial score (nSPS) is 10.1. The molecule has 7 heteroatoms. The Morgan fingerprint density at radius 1 is 1.26 bits per heavy atom. The van der Waals surface area contributed by atoms with Crippen LogP contribution in [0.2, 0.25) is 0 Å². The van der Waals surface area contributed by atoms with Crippen molar-refractivity contribution in [3.05, 3.63) is 68.9 Å². The standard InChI is InChI=1S/C12H9N3O4/c16-11(7-14-8-13-6-5-12(14)17)9-1-3-10(4-2-9)15(18)19/h1-6,8H,7H2. The van der Waals surface area contributed by atoms with Crippen LogP contribution in [0.1, 0.15) is 10.4 Å². The molecule has 0 radical (unpaired) electrons. The maximum absolute atomic E-state index is 11.9. The molecule has 2 aromatic rings. The molecule has 7 nitrogen and oxygen atoms in total. The van der Waals surface area contributed by atoms with Crippen molar-refractivity contribution in [2.75, 3.05) is 0 Å². The lowest BCUT2D eigenvalue weighted by Gasteiger charge is -2.03. The SMILES string of the molecule is O=C(Cn1cnccc1=O)c1ccc([N+](=O)[O-])cc1. The summed E-state index contributed by atoms with van der Waals surface area (Å²) >= 11 is 0. The maximum Gasteiger partial charge on any atom is 0.269 e. The molecule has 1 aromatic carbocycles. The minimum absolute atomic E-state index is 0.0879. The molecule has 96 valence electrons. The Bertz CT molecular complexity index is 676. The van der Waals surface area contributed by atoms with Crippen molar-refractivity contribution in [2.24, 2.45) is 0 Å². The monoisotopic (exact) mass is 259 g/mol. The van der Waals surface area contributed by atoms with Crippen LogP contribution in [0.5, 0.6) is 0 Å². The molecule has 0 aliphatic rings. The van der Waals surface area contributed by atoms with Gasteiger partial charge in [-0.15, -0.1) is 0 Å². The van der Waals surface area contributed by atoms with E-state index in [4.69, 9.17) is 0 Å². The van der Waals surface area contributed by atoms with E-state index < -0.39 is 4.92 Å². The number of nitrogens with zero attached hydrogens (tertiary/aromatic N) is 3. The van der Waals surface area contributed by atoms with Gasteiger partial charge >= 0.3 is 0 Å². The van der Waals surface area contributed by atoms with Crippen LogP contribution in [-0.4, -0.2) is 20.3 Å². The number of rotatable bonds is 4. The van der Waals surface area contributed by atoms with E-state index >= 15 is 0 Å². The summed E-state index contributed by atoms with van der Waals surface area (Å²) < 4.78 is 1.17. The molecule has 0 saturated carbocycles. The van der Waals surface area contributed by atoms with Crippen molar-refractivity contribution in [2.45, 2.75) is 6.54 Å². The van der Waals surface area contributed by atoms with Gasteiger partial charge in [-0.25, -0.2) is 4.98 Å². The maximum atomic E-state index is 11.9. The molecule has 1 heterocycles. The second-order valence-corrected chi connectivity index (χ2v) is 3.77. The van der Waals surface area contributed by atoms with E-state index in [-0.39, 0.29) is 23.6 Å². The van der Waals surface area contributed by atoms with Crippen molar-refractivity contribution in [3.63, 3.8) is 0 Å². The minimum atomic E-state index is -0.542. The van der Waals surface area contributed by atoms with E-state index in [1.807, 2.05) is 0 Å². The smallest absolute Gasteiger partial charge is 0.269 e. The predicted molar refractivity (Wildman–Crippen MR) is 65.9 cm³/mol. The van der Waals surface area contributed by atoms with Crippen LogP contribution in [0.15, 0.2) is 47.7 Å². The van der Waals surface area contributed by atoms with E-state index in [0.29, 0.717) is 5.56 Å². The molecule has 0 amide bonds. The second-order valence-electron chi connectivity index (χ2n) is 3.77. The number of non-ortho nitro benzene ring substituents is 1. The molecule has 0 unspecified atom stereocenters. The molecule has 0 aliphatic carbocycles. The lowest BCUT2D eigenvalue weighted by Crippen LogP contribution is -2.23. The number of aromatic nitrogens is 2. The molecule has 0 fully saturated rings. The number of hydrogen-bond donors (Lipinski definition) is 0. The summed E-state index contributed by atoms with van der Waals surface area (Å²) in [5.74, 6) is -0.315. The zero-order valence-corrected chi connectivity index (χ0v) is 9.72. The predicted octanol–water partition coefficient (Wildman–Crippen LogP) is 1.03. The molecule has 1 aromatic heterocycles. The highest BCUT2D eigenvalue weighted by molar-refractivity contribution is 5.96. The van der Waals surface area contributed by atoms with E-state index in [9.17, 15) is 19.7 Å². The number of nitro groups is 1. The fourth-order valence-corrected chi connectivity index (χ4v) is 1.51. The summed E-state index contributed by atoms with van der Waals surface area (Å²) in [7, 11) is 0. The molecular weight excluding hydrogens is 250 g/mol. The number of benzene rings is 1. The molecule has 2 rings (SSSR count). The molecule has 19 heavy (non-hydrogen) atoms. The van der Waals surface area contributed by atoms with E-state index in [1.54, 1.807) is 0 Å². The van der Waals surface area contributed by atoms with Gasteiger partial charge in [0, 0.05) is 30.0 Å².